The molecule has 1 amide bonds. The molecule has 1 saturated heterocycles. The van der Waals surface area contributed by atoms with Crippen molar-refractivity contribution in [3.05, 3.63) is 12.7 Å². The number of hydrogen-bond donors (Lipinski definition) is 2. The summed E-state index contributed by atoms with van der Waals surface area (Å²) in [4.78, 5) is 23.5. The third-order valence-corrected chi connectivity index (χ3v) is 2.76. The summed E-state index contributed by atoms with van der Waals surface area (Å²) in [5, 5.41) is 18.6. The minimum absolute atomic E-state index is 0.148. The molecule has 0 radical (unpaired) electrons. The van der Waals surface area contributed by atoms with E-state index in [0.717, 1.165) is 0 Å². The van der Waals surface area contributed by atoms with E-state index in [-0.39, 0.29) is 25.9 Å². The number of carbonyl (C=O) groups excluding carboxylic acids is 1. The Bertz CT molecular complexity index is 307. The summed E-state index contributed by atoms with van der Waals surface area (Å²) in [5.41, 5.74) is -1.21. The maximum absolute atomic E-state index is 11.4. The predicted molar refractivity (Wildman–Crippen MR) is 59.6 cm³/mol. The van der Waals surface area contributed by atoms with E-state index in [1.54, 1.807) is 0 Å². The molecule has 0 atom stereocenters. The van der Waals surface area contributed by atoms with Gasteiger partial charge in [-0.15, -0.1) is 0 Å². The number of aliphatic hydroxyl groups is 1. The quantitative estimate of drug-likeness (QED) is 0.706. The van der Waals surface area contributed by atoms with Crippen LogP contribution in [0.15, 0.2) is 12.7 Å². The van der Waals surface area contributed by atoms with Gasteiger partial charge in [-0.05, 0) is 12.8 Å². The van der Waals surface area contributed by atoms with Crippen molar-refractivity contribution in [3.8, 4) is 0 Å². The number of amides is 1. The summed E-state index contributed by atoms with van der Waals surface area (Å²) in [6.07, 6.45) is 1.23. The monoisotopic (exact) mass is 243 g/mol. The topological polar surface area (TPSA) is 87.1 Å². The zero-order chi connectivity index (χ0) is 12.9. The van der Waals surface area contributed by atoms with Crippen LogP contribution in [0, 0.1) is 0 Å². The normalized spacial score (nSPS) is 18.5. The van der Waals surface area contributed by atoms with Gasteiger partial charge in [0.05, 0.1) is 12.0 Å². The number of hydrogen-bond acceptors (Lipinski definition) is 4. The largest absolute Gasteiger partial charge is 0.481 e. The maximum atomic E-state index is 11.4. The Kier molecular flexibility index (Phi) is 4.51. The summed E-state index contributed by atoms with van der Waals surface area (Å²) in [5.74, 6) is -1.03. The van der Waals surface area contributed by atoms with Crippen molar-refractivity contribution in [3.63, 3.8) is 0 Å². The van der Waals surface area contributed by atoms with Crippen LogP contribution >= 0.6 is 0 Å². The van der Waals surface area contributed by atoms with Crippen LogP contribution in [0.1, 0.15) is 19.3 Å². The molecule has 0 aliphatic carbocycles. The number of carboxylic acid groups (broad SMARTS) is 1. The van der Waals surface area contributed by atoms with Crippen LogP contribution < -0.4 is 0 Å². The fourth-order valence-corrected chi connectivity index (χ4v) is 1.79. The highest BCUT2D eigenvalue weighted by Gasteiger charge is 2.36. The second kappa shape index (κ2) is 5.67. The number of nitrogens with zero attached hydrogens (tertiary/aromatic N) is 1. The molecule has 0 spiro atoms. The van der Waals surface area contributed by atoms with Crippen LogP contribution in [0.5, 0.6) is 0 Å². The lowest BCUT2D eigenvalue weighted by atomic mass is 9.88. The number of likely N-dealkylation sites (tertiary alicyclic amines) is 1. The molecule has 1 heterocycles. The lowest BCUT2D eigenvalue weighted by Crippen LogP contribution is -2.47. The Labute approximate surface area is 99.5 Å². The second-order valence-electron chi connectivity index (χ2n) is 4.15. The average Bonchev–Trinajstić information content (AvgIpc) is 2.25. The summed E-state index contributed by atoms with van der Waals surface area (Å²) < 4.78 is 4.85. The van der Waals surface area contributed by atoms with E-state index < -0.39 is 17.7 Å². The van der Waals surface area contributed by atoms with Crippen LogP contribution in [0.3, 0.4) is 0 Å². The molecule has 0 aromatic heterocycles. The van der Waals surface area contributed by atoms with Gasteiger partial charge in [-0.25, -0.2) is 4.79 Å². The smallest absolute Gasteiger partial charge is 0.410 e. The van der Waals surface area contributed by atoms with Crippen LogP contribution in [0.25, 0.3) is 0 Å². The van der Waals surface area contributed by atoms with Gasteiger partial charge in [0.15, 0.2) is 0 Å². The van der Waals surface area contributed by atoms with E-state index in [0.29, 0.717) is 13.1 Å². The maximum Gasteiger partial charge on any atom is 0.410 e. The van der Waals surface area contributed by atoms with E-state index in [1.165, 1.54) is 11.0 Å². The van der Waals surface area contributed by atoms with Gasteiger partial charge < -0.3 is 19.8 Å². The SMILES string of the molecule is C=CCOC(=O)N1CCC(O)(CC(=O)O)CC1. The fourth-order valence-electron chi connectivity index (χ4n) is 1.79. The van der Waals surface area contributed by atoms with E-state index in [2.05, 4.69) is 6.58 Å². The molecule has 0 bridgehead atoms. The highest BCUT2D eigenvalue weighted by Crippen LogP contribution is 2.25. The first-order chi connectivity index (χ1) is 7.97. The van der Waals surface area contributed by atoms with E-state index in [9.17, 15) is 14.7 Å². The van der Waals surface area contributed by atoms with Crippen molar-refractivity contribution in [2.75, 3.05) is 19.7 Å². The number of ether oxygens (including phenoxy) is 1. The number of aliphatic carboxylic acids is 1. The van der Waals surface area contributed by atoms with E-state index in [1.807, 2.05) is 0 Å². The highest BCUT2D eigenvalue weighted by atomic mass is 16.6. The van der Waals surface area contributed by atoms with Crippen molar-refractivity contribution >= 4 is 12.1 Å². The van der Waals surface area contributed by atoms with Crippen molar-refractivity contribution in [2.45, 2.75) is 24.9 Å². The zero-order valence-corrected chi connectivity index (χ0v) is 9.59. The lowest BCUT2D eigenvalue weighted by Gasteiger charge is -2.36. The van der Waals surface area contributed by atoms with Crippen molar-refractivity contribution < 1.29 is 24.5 Å². The number of carbonyl (C=O) groups is 2. The molecule has 96 valence electrons. The number of rotatable bonds is 4. The first-order valence-electron chi connectivity index (χ1n) is 5.44. The summed E-state index contributed by atoms with van der Waals surface area (Å²) in [6, 6.07) is 0. The Morgan fingerprint density at radius 1 is 1.41 bits per heavy atom. The minimum atomic E-state index is -1.21. The van der Waals surface area contributed by atoms with E-state index in [4.69, 9.17) is 9.84 Å². The Hall–Kier alpha value is -1.56. The Morgan fingerprint density at radius 3 is 2.47 bits per heavy atom. The molecular formula is C11H17NO5. The molecule has 0 aromatic carbocycles. The molecule has 0 aromatic rings. The van der Waals surface area contributed by atoms with Gasteiger partial charge in [0.1, 0.15) is 6.61 Å². The zero-order valence-electron chi connectivity index (χ0n) is 9.59. The number of carboxylic acids is 1. The third kappa shape index (κ3) is 4.07. The standard InChI is InChI=1S/C11H17NO5/c1-2-7-17-10(15)12-5-3-11(16,4-6-12)8-9(13)14/h2,16H,1,3-8H2,(H,13,14). The molecule has 2 N–H and O–H groups in total. The first kappa shape index (κ1) is 13.5. The second-order valence-corrected chi connectivity index (χ2v) is 4.15. The van der Waals surface area contributed by atoms with Gasteiger partial charge in [0, 0.05) is 13.1 Å². The molecule has 6 nitrogen and oxygen atoms in total. The minimum Gasteiger partial charge on any atom is -0.481 e. The summed E-state index contributed by atoms with van der Waals surface area (Å²) in [7, 11) is 0. The predicted octanol–water partition coefficient (Wildman–Crippen LogP) is 0.611. The van der Waals surface area contributed by atoms with Gasteiger partial charge in [0.25, 0.3) is 0 Å². The summed E-state index contributed by atoms with van der Waals surface area (Å²) in [6.45, 7) is 4.19. The van der Waals surface area contributed by atoms with Crippen LogP contribution in [0.4, 0.5) is 4.79 Å². The molecule has 1 rings (SSSR count). The lowest BCUT2D eigenvalue weighted by molar-refractivity contribution is -0.144. The fraction of sp³-hybridized carbons (Fsp3) is 0.636. The number of piperidine rings is 1. The van der Waals surface area contributed by atoms with E-state index >= 15 is 0 Å². The highest BCUT2D eigenvalue weighted by molar-refractivity contribution is 5.69. The van der Waals surface area contributed by atoms with Crippen molar-refractivity contribution in [1.29, 1.82) is 0 Å². The Balaban J connectivity index is 2.41. The van der Waals surface area contributed by atoms with Gasteiger partial charge in [-0.2, -0.15) is 0 Å². The molecule has 0 saturated carbocycles. The van der Waals surface area contributed by atoms with Crippen LogP contribution in [-0.2, 0) is 9.53 Å². The van der Waals surface area contributed by atoms with Crippen LogP contribution in [-0.4, -0.2) is 52.5 Å². The van der Waals surface area contributed by atoms with Crippen LogP contribution in [0.2, 0.25) is 0 Å². The molecule has 17 heavy (non-hydrogen) atoms. The van der Waals surface area contributed by atoms with Gasteiger partial charge >= 0.3 is 12.1 Å². The van der Waals surface area contributed by atoms with Gasteiger partial charge in [-0.3, -0.25) is 4.79 Å². The average molecular weight is 243 g/mol. The van der Waals surface area contributed by atoms with Crippen molar-refractivity contribution in [2.24, 2.45) is 0 Å². The van der Waals surface area contributed by atoms with Gasteiger partial charge in [0.2, 0.25) is 0 Å². The Morgan fingerprint density at radius 2 is 2.00 bits per heavy atom. The first-order valence-corrected chi connectivity index (χ1v) is 5.44. The molecule has 6 heteroatoms. The van der Waals surface area contributed by atoms with Gasteiger partial charge in [-0.1, -0.05) is 12.7 Å². The third-order valence-electron chi connectivity index (χ3n) is 2.76. The van der Waals surface area contributed by atoms with Crippen molar-refractivity contribution in [1.82, 2.24) is 4.90 Å². The summed E-state index contributed by atoms with van der Waals surface area (Å²) >= 11 is 0. The molecule has 1 aliphatic rings. The molecule has 1 fully saturated rings. The molecule has 0 unspecified atom stereocenters. The molecular weight excluding hydrogens is 226 g/mol. The molecule has 1 aliphatic heterocycles.